The Labute approximate surface area is 169 Å². The predicted octanol–water partition coefficient (Wildman–Crippen LogP) is 1.79. The van der Waals surface area contributed by atoms with Gasteiger partial charge < -0.3 is 9.90 Å². The van der Waals surface area contributed by atoms with Gasteiger partial charge in [0.15, 0.2) is 12.3 Å². The second-order valence-corrected chi connectivity index (χ2v) is 10.8. The third kappa shape index (κ3) is 3.75. The molecule has 0 bridgehead atoms. The van der Waals surface area contributed by atoms with E-state index in [0.29, 0.717) is 15.2 Å². The van der Waals surface area contributed by atoms with E-state index in [1.54, 1.807) is 32.9 Å². The summed E-state index contributed by atoms with van der Waals surface area (Å²) >= 11 is 6.45. The van der Waals surface area contributed by atoms with Crippen LogP contribution in [0.3, 0.4) is 0 Å². The SMILES string of the molecule is CC(C)(C)[N+]1(C(=O)[O-])C[C@H](NS(=O)(=O)c2cc(Br)ccc2Br)C[C@@H]1C=O. The Bertz CT molecular complexity index is 838. The predicted molar refractivity (Wildman–Crippen MR) is 101 cm³/mol. The molecule has 0 spiro atoms. The number of rotatable bonds is 4. The summed E-state index contributed by atoms with van der Waals surface area (Å²) in [6, 6.07) is 3.14. The van der Waals surface area contributed by atoms with Crippen LogP contribution < -0.4 is 9.83 Å². The summed E-state index contributed by atoms with van der Waals surface area (Å²) in [7, 11) is -3.92. The van der Waals surface area contributed by atoms with Crippen LogP contribution in [0, 0.1) is 0 Å². The van der Waals surface area contributed by atoms with Crippen LogP contribution in [0.2, 0.25) is 0 Å². The molecule has 3 atom stereocenters. The number of nitrogens with one attached hydrogen (secondary N) is 1. The Morgan fingerprint density at radius 1 is 1.35 bits per heavy atom. The minimum Gasteiger partial charge on any atom is -0.498 e. The highest BCUT2D eigenvalue weighted by Gasteiger charge is 2.56. The minimum atomic E-state index is -3.92. The van der Waals surface area contributed by atoms with Crippen LogP contribution in [-0.4, -0.2) is 49.4 Å². The molecule has 1 amide bonds. The fourth-order valence-electron chi connectivity index (χ4n) is 3.49. The van der Waals surface area contributed by atoms with Crippen molar-refractivity contribution in [2.75, 3.05) is 6.54 Å². The highest BCUT2D eigenvalue weighted by Crippen LogP contribution is 2.36. The van der Waals surface area contributed by atoms with E-state index in [1.165, 1.54) is 6.07 Å². The van der Waals surface area contributed by atoms with Crippen LogP contribution in [0.4, 0.5) is 4.79 Å². The van der Waals surface area contributed by atoms with Crippen molar-refractivity contribution in [1.29, 1.82) is 0 Å². The Morgan fingerprint density at radius 3 is 2.42 bits per heavy atom. The number of benzene rings is 1. The molecule has 0 saturated carbocycles. The summed E-state index contributed by atoms with van der Waals surface area (Å²) in [6.07, 6.45) is -0.732. The lowest BCUT2D eigenvalue weighted by atomic mass is 10.0. The summed E-state index contributed by atoms with van der Waals surface area (Å²) in [4.78, 5) is 23.5. The molecule has 144 valence electrons. The number of quaternary nitrogens is 1. The van der Waals surface area contributed by atoms with E-state index in [4.69, 9.17) is 0 Å². The molecule has 1 fully saturated rings. The summed E-state index contributed by atoms with van der Waals surface area (Å²) in [5, 5.41) is 11.9. The number of amides is 1. The number of aldehydes is 1. The van der Waals surface area contributed by atoms with E-state index in [-0.39, 0.29) is 17.9 Å². The topological polar surface area (TPSA) is 103 Å². The van der Waals surface area contributed by atoms with Crippen molar-refractivity contribution in [3.63, 3.8) is 0 Å². The van der Waals surface area contributed by atoms with Crippen LogP contribution >= 0.6 is 31.9 Å². The maximum atomic E-state index is 12.8. The number of hydrogen-bond acceptors (Lipinski definition) is 5. The Hall–Kier alpha value is -0.810. The summed E-state index contributed by atoms with van der Waals surface area (Å²) in [6.45, 7) is 5.02. The van der Waals surface area contributed by atoms with Crippen molar-refractivity contribution >= 4 is 54.3 Å². The van der Waals surface area contributed by atoms with Crippen molar-refractivity contribution in [3.8, 4) is 0 Å². The number of halogens is 2. The first kappa shape index (κ1) is 21.5. The summed E-state index contributed by atoms with van der Waals surface area (Å²) in [5.74, 6) is 0. The zero-order chi connectivity index (χ0) is 19.9. The molecule has 1 heterocycles. The lowest BCUT2D eigenvalue weighted by Gasteiger charge is -2.47. The maximum Gasteiger partial charge on any atom is 0.258 e. The van der Waals surface area contributed by atoms with Gasteiger partial charge in [0, 0.05) is 15.4 Å². The lowest BCUT2D eigenvalue weighted by Crippen LogP contribution is -2.70. The summed E-state index contributed by atoms with van der Waals surface area (Å²) in [5.41, 5.74) is -0.832. The molecule has 2 rings (SSSR count). The molecule has 1 aromatic carbocycles. The number of hydrogen-bond donors (Lipinski definition) is 1. The number of sulfonamides is 1. The molecule has 1 N–H and O–H groups in total. The van der Waals surface area contributed by atoms with Crippen LogP contribution in [0.25, 0.3) is 0 Å². The van der Waals surface area contributed by atoms with Gasteiger partial charge in [0.2, 0.25) is 10.0 Å². The van der Waals surface area contributed by atoms with Gasteiger partial charge in [0.1, 0.15) is 6.54 Å². The standard InChI is InChI=1S/C16H20Br2N2O5S/c1-16(2,3)20(15(22)23)8-11(7-12(20)9-21)19-26(24,25)14-6-10(17)4-5-13(14)18/h4-6,9,11-12,19H,7-8H2,1-3H3/t11-,12-,20?/m1/s1. The molecule has 0 aromatic heterocycles. The fraction of sp³-hybridized carbons (Fsp3) is 0.500. The van der Waals surface area contributed by atoms with Crippen LogP contribution in [0.15, 0.2) is 32.0 Å². The smallest absolute Gasteiger partial charge is 0.258 e. The zero-order valence-electron chi connectivity index (χ0n) is 14.5. The quantitative estimate of drug-likeness (QED) is 0.490. The van der Waals surface area contributed by atoms with Crippen molar-refractivity contribution in [3.05, 3.63) is 27.1 Å². The van der Waals surface area contributed by atoms with Gasteiger partial charge in [-0.2, -0.15) is 0 Å². The van der Waals surface area contributed by atoms with Gasteiger partial charge in [0.05, 0.1) is 16.5 Å². The normalized spacial score (nSPS) is 26.7. The average molecular weight is 512 g/mol. The van der Waals surface area contributed by atoms with Gasteiger partial charge in [-0.3, -0.25) is 9.28 Å². The van der Waals surface area contributed by atoms with Gasteiger partial charge in [-0.1, -0.05) is 15.9 Å². The maximum absolute atomic E-state index is 12.8. The van der Waals surface area contributed by atoms with E-state index >= 15 is 0 Å². The first-order chi connectivity index (χ1) is 11.8. The molecule has 10 heteroatoms. The Morgan fingerprint density at radius 2 is 1.96 bits per heavy atom. The minimum absolute atomic E-state index is 0.0312. The van der Waals surface area contributed by atoms with Gasteiger partial charge in [0.25, 0.3) is 6.09 Å². The van der Waals surface area contributed by atoms with Crippen molar-refractivity contribution in [1.82, 2.24) is 4.72 Å². The Balaban J connectivity index is 2.38. The van der Waals surface area contributed by atoms with Crippen LogP contribution in [-0.2, 0) is 14.8 Å². The average Bonchev–Trinajstić information content (AvgIpc) is 2.88. The molecule has 7 nitrogen and oxygen atoms in total. The van der Waals surface area contributed by atoms with E-state index < -0.39 is 38.2 Å². The molecule has 1 aromatic rings. The second kappa shape index (κ2) is 7.31. The van der Waals surface area contributed by atoms with Crippen molar-refractivity contribution in [2.45, 2.75) is 49.7 Å². The van der Waals surface area contributed by atoms with Gasteiger partial charge in [-0.15, -0.1) is 0 Å². The number of carbonyl (C=O) groups is 2. The van der Waals surface area contributed by atoms with E-state index in [2.05, 4.69) is 36.6 Å². The molecule has 1 saturated heterocycles. The monoisotopic (exact) mass is 510 g/mol. The first-order valence-electron chi connectivity index (χ1n) is 7.87. The third-order valence-corrected chi connectivity index (χ3v) is 7.79. The number of carbonyl (C=O) groups excluding carboxylic acids is 2. The largest absolute Gasteiger partial charge is 0.498 e. The lowest BCUT2D eigenvalue weighted by molar-refractivity contribution is -0.921. The third-order valence-electron chi connectivity index (χ3n) is 4.79. The number of carboxylic acid groups (broad SMARTS) is 1. The van der Waals surface area contributed by atoms with Crippen LogP contribution in [0.5, 0.6) is 0 Å². The highest BCUT2D eigenvalue weighted by atomic mass is 79.9. The van der Waals surface area contributed by atoms with Crippen molar-refractivity contribution < 1.29 is 27.6 Å². The van der Waals surface area contributed by atoms with E-state index in [9.17, 15) is 23.1 Å². The summed E-state index contributed by atoms with van der Waals surface area (Å²) < 4.78 is 28.4. The van der Waals surface area contributed by atoms with Gasteiger partial charge in [-0.25, -0.2) is 13.1 Å². The zero-order valence-corrected chi connectivity index (χ0v) is 18.5. The van der Waals surface area contributed by atoms with Gasteiger partial charge >= 0.3 is 0 Å². The first-order valence-corrected chi connectivity index (χ1v) is 10.9. The highest BCUT2D eigenvalue weighted by molar-refractivity contribution is 9.11. The molecule has 26 heavy (non-hydrogen) atoms. The molecule has 1 aliphatic heterocycles. The number of likely N-dealkylation sites (tertiary alicyclic amines) is 1. The van der Waals surface area contributed by atoms with E-state index in [1.807, 2.05) is 0 Å². The van der Waals surface area contributed by atoms with Crippen LogP contribution in [0.1, 0.15) is 27.2 Å². The van der Waals surface area contributed by atoms with Crippen molar-refractivity contribution in [2.24, 2.45) is 0 Å². The van der Waals surface area contributed by atoms with Gasteiger partial charge in [-0.05, 0) is 54.9 Å². The number of nitrogens with zero attached hydrogens (tertiary/aromatic N) is 1. The Kier molecular flexibility index (Phi) is 6.04. The molecule has 0 aliphatic carbocycles. The van der Waals surface area contributed by atoms with E-state index in [0.717, 1.165) is 0 Å². The molecule has 0 radical (unpaired) electrons. The molecule has 1 aliphatic rings. The molecule has 1 unspecified atom stereocenters. The molecular formula is C16H20Br2N2O5S. The molecular weight excluding hydrogens is 492 g/mol. The second-order valence-electron chi connectivity index (χ2n) is 7.32. The fourth-order valence-corrected chi connectivity index (χ4v) is 6.24.